The fourth-order valence-corrected chi connectivity index (χ4v) is 1.41. The predicted octanol–water partition coefficient (Wildman–Crippen LogP) is 1.63. The molecule has 1 aromatic rings. The smallest absolute Gasteiger partial charge is 0.334 e. The van der Waals surface area contributed by atoms with Crippen LogP contribution in [0.1, 0.15) is 12.0 Å². The molecule has 0 saturated carbocycles. The van der Waals surface area contributed by atoms with Gasteiger partial charge in [0.25, 0.3) is 5.69 Å². The molecule has 0 aliphatic heterocycles. The van der Waals surface area contributed by atoms with Crippen molar-refractivity contribution in [1.29, 1.82) is 0 Å². The number of nitro benzene ring substituents is 1. The van der Waals surface area contributed by atoms with Gasteiger partial charge in [-0.15, -0.1) is 0 Å². The maximum absolute atomic E-state index is 11.4. The van der Waals surface area contributed by atoms with E-state index in [1.165, 1.54) is 30.3 Å². The van der Waals surface area contributed by atoms with Gasteiger partial charge in [-0.05, 0) is 11.6 Å². The van der Waals surface area contributed by atoms with Crippen LogP contribution in [0, 0.1) is 10.1 Å². The van der Waals surface area contributed by atoms with Crippen molar-refractivity contribution in [3.05, 3.63) is 45.5 Å². The number of non-ortho nitro benzene ring substituents is 1. The number of nitro groups is 1. The zero-order valence-corrected chi connectivity index (χ0v) is 10.0. The summed E-state index contributed by atoms with van der Waals surface area (Å²) in [6.45, 7) is 0. The van der Waals surface area contributed by atoms with Gasteiger partial charge in [0.15, 0.2) is 0 Å². The predicted molar refractivity (Wildman–Crippen MR) is 65.3 cm³/mol. The highest BCUT2D eigenvalue weighted by molar-refractivity contribution is 5.97. The van der Waals surface area contributed by atoms with E-state index in [1.54, 1.807) is 0 Å². The van der Waals surface area contributed by atoms with E-state index in [-0.39, 0.29) is 11.3 Å². The molecule has 1 rings (SSSR count). The number of carbonyl (C=O) groups excluding carboxylic acids is 1. The van der Waals surface area contributed by atoms with Gasteiger partial charge in [-0.25, -0.2) is 4.79 Å². The third-order valence-corrected chi connectivity index (χ3v) is 2.21. The second-order valence-corrected chi connectivity index (χ2v) is 3.58. The van der Waals surface area contributed by atoms with Crippen LogP contribution >= 0.6 is 0 Å². The van der Waals surface area contributed by atoms with Crippen LogP contribution in [0.2, 0.25) is 0 Å². The second kappa shape index (κ2) is 6.29. The maximum Gasteiger partial charge on any atom is 0.334 e. The topological polar surface area (TPSA) is 107 Å². The number of rotatable bonds is 5. The van der Waals surface area contributed by atoms with Crippen molar-refractivity contribution in [1.82, 2.24) is 0 Å². The maximum atomic E-state index is 11.4. The summed E-state index contributed by atoms with van der Waals surface area (Å²) < 4.78 is 4.46. The minimum Gasteiger partial charge on any atom is -0.481 e. The molecule has 1 aromatic carbocycles. The number of nitrogens with zero attached hydrogens (tertiary/aromatic N) is 1. The van der Waals surface area contributed by atoms with Crippen molar-refractivity contribution < 1.29 is 24.4 Å². The molecule has 0 amide bonds. The fourth-order valence-electron chi connectivity index (χ4n) is 1.41. The van der Waals surface area contributed by atoms with Crippen LogP contribution in [-0.2, 0) is 14.3 Å². The van der Waals surface area contributed by atoms with Crippen LogP contribution < -0.4 is 0 Å². The third kappa shape index (κ3) is 4.23. The van der Waals surface area contributed by atoms with Crippen LogP contribution in [0.15, 0.2) is 29.8 Å². The standard InChI is InChI=1S/C12H11NO6/c1-19-12(16)9(7-11(14)15)5-8-3-2-4-10(6-8)13(17)18/h2-6H,7H2,1H3,(H,14,15)/b9-5+. The molecule has 0 heterocycles. The molecule has 0 saturated heterocycles. The highest BCUT2D eigenvalue weighted by Gasteiger charge is 2.14. The average Bonchev–Trinajstić information content (AvgIpc) is 2.36. The fraction of sp³-hybridized carbons (Fsp3) is 0.167. The van der Waals surface area contributed by atoms with Crippen LogP contribution in [0.5, 0.6) is 0 Å². The number of carboxylic acid groups (broad SMARTS) is 1. The molecule has 1 N–H and O–H groups in total. The largest absolute Gasteiger partial charge is 0.481 e. The van der Waals surface area contributed by atoms with Gasteiger partial charge in [-0.2, -0.15) is 0 Å². The number of carboxylic acids is 1. The van der Waals surface area contributed by atoms with Gasteiger partial charge in [0.1, 0.15) is 0 Å². The zero-order chi connectivity index (χ0) is 14.4. The Morgan fingerprint density at radius 2 is 2.16 bits per heavy atom. The first kappa shape index (κ1) is 14.4. The molecular formula is C12H11NO6. The molecule has 0 atom stereocenters. The molecule has 100 valence electrons. The van der Waals surface area contributed by atoms with Gasteiger partial charge in [-0.1, -0.05) is 12.1 Å². The van der Waals surface area contributed by atoms with E-state index >= 15 is 0 Å². The van der Waals surface area contributed by atoms with Crippen molar-refractivity contribution in [2.45, 2.75) is 6.42 Å². The third-order valence-electron chi connectivity index (χ3n) is 2.21. The molecular weight excluding hydrogens is 254 g/mol. The molecule has 0 unspecified atom stereocenters. The lowest BCUT2D eigenvalue weighted by Gasteiger charge is -2.02. The highest BCUT2D eigenvalue weighted by Crippen LogP contribution is 2.17. The van der Waals surface area contributed by atoms with Gasteiger partial charge in [-0.3, -0.25) is 14.9 Å². The molecule has 0 bridgehead atoms. The van der Waals surface area contributed by atoms with Crippen molar-refractivity contribution in [2.24, 2.45) is 0 Å². The minimum absolute atomic E-state index is 0.0875. The summed E-state index contributed by atoms with van der Waals surface area (Å²) in [5.41, 5.74) is 0.125. The van der Waals surface area contributed by atoms with Crippen molar-refractivity contribution >= 4 is 23.7 Å². The molecule has 0 spiro atoms. The Kier molecular flexibility index (Phi) is 4.76. The van der Waals surface area contributed by atoms with Gasteiger partial charge < -0.3 is 9.84 Å². The number of methoxy groups -OCH3 is 1. The summed E-state index contributed by atoms with van der Waals surface area (Å²) >= 11 is 0. The lowest BCUT2D eigenvalue weighted by molar-refractivity contribution is -0.384. The van der Waals surface area contributed by atoms with Gasteiger partial charge in [0, 0.05) is 17.7 Å². The number of ether oxygens (including phenoxy) is 1. The van der Waals surface area contributed by atoms with Crippen LogP contribution in [0.3, 0.4) is 0 Å². The Morgan fingerprint density at radius 1 is 1.47 bits per heavy atom. The van der Waals surface area contributed by atoms with Crippen molar-refractivity contribution in [3.63, 3.8) is 0 Å². The Labute approximate surface area is 108 Å². The normalized spacial score (nSPS) is 10.9. The second-order valence-electron chi connectivity index (χ2n) is 3.58. The van der Waals surface area contributed by atoms with Gasteiger partial charge in [0.2, 0.25) is 0 Å². The van der Waals surface area contributed by atoms with E-state index in [0.29, 0.717) is 5.56 Å². The first-order valence-corrected chi connectivity index (χ1v) is 5.19. The number of carbonyl (C=O) groups is 2. The number of aliphatic carboxylic acids is 1. The molecule has 0 radical (unpaired) electrons. The van der Waals surface area contributed by atoms with E-state index in [1.807, 2.05) is 0 Å². The minimum atomic E-state index is -1.19. The number of hydrogen-bond donors (Lipinski definition) is 1. The molecule has 0 aromatic heterocycles. The molecule has 0 aliphatic carbocycles. The van der Waals surface area contributed by atoms with E-state index in [0.717, 1.165) is 7.11 Å². The molecule has 7 heteroatoms. The summed E-state index contributed by atoms with van der Waals surface area (Å²) in [6.07, 6.45) is 0.738. The van der Waals surface area contributed by atoms with Crippen LogP contribution in [0.25, 0.3) is 6.08 Å². The molecule has 7 nitrogen and oxygen atoms in total. The highest BCUT2D eigenvalue weighted by atomic mass is 16.6. The van der Waals surface area contributed by atoms with Crippen molar-refractivity contribution in [3.8, 4) is 0 Å². The summed E-state index contributed by atoms with van der Waals surface area (Å²) in [5, 5.41) is 19.3. The van der Waals surface area contributed by atoms with Crippen LogP contribution in [0.4, 0.5) is 5.69 Å². The average molecular weight is 265 g/mol. The van der Waals surface area contributed by atoms with E-state index in [4.69, 9.17) is 5.11 Å². The quantitative estimate of drug-likeness (QED) is 0.375. The van der Waals surface area contributed by atoms with Gasteiger partial charge in [0.05, 0.1) is 18.5 Å². The number of benzene rings is 1. The van der Waals surface area contributed by atoms with E-state index in [2.05, 4.69) is 4.74 Å². The monoisotopic (exact) mass is 265 g/mol. The summed E-state index contributed by atoms with van der Waals surface area (Å²) in [6, 6.07) is 5.51. The Morgan fingerprint density at radius 3 is 2.68 bits per heavy atom. The van der Waals surface area contributed by atoms with E-state index < -0.39 is 23.3 Å². The molecule has 19 heavy (non-hydrogen) atoms. The van der Waals surface area contributed by atoms with Crippen LogP contribution in [-0.4, -0.2) is 29.1 Å². The number of esters is 1. The Bertz CT molecular complexity index is 549. The SMILES string of the molecule is COC(=O)/C(=C/c1cccc([N+](=O)[O-])c1)CC(=O)O. The lowest BCUT2D eigenvalue weighted by Crippen LogP contribution is -2.09. The molecule has 0 fully saturated rings. The van der Waals surface area contributed by atoms with Crippen molar-refractivity contribution in [2.75, 3.05) is 7.11 Å². The summed E-state index contributed by atoms with van der Waals surface area (Å²) in [4.78, 5) is 32.1. The Hall–Kier alpha value is -2.70. The molecule has 0 aliphatic rings. The Balaban J connectivity index is 3.13. The first-order valence-electron chi connectivity index (χ1n) is 5.19. The number of hydrogen-bond acceptors (Lipinski definition) is 5. The lowest BCUT2D eigenvalue weighted by atomic mass is 10.1. The first-order chi connectivity index (χ1) is 8.93. The summed E-state index contributed by atoms with van der Waals surface area (Å²) in [5.74, 6) is -1.98. The zero-order valence-electron chi connectivity index (χ0n) is 10.0. The summed E-state index contributed by atoms with van der Waals surface area (Å²) in [7, 11) is 1.13. The van der Waals surface area contributed by atoms with E-state index in [9.17, 15) is 19.7 Å². The van der Waals surface area contributed by atoms with Gasteiger partial charge >= 0.3 is 11.9 Å².